The van der Waals surface area contributed by atoms with Crippen LogP contribution < -0.4 is 9.64 Å². The number of ether oxygens (including phenoxy) is 1. The van der Waals surface area contributed by atoms with Crippen molar-refractivity contribution in [1.82, 2.24) is 4.98 Å². The van der Waals surface area contributed by atoms with Gasteiger partial charge in [0.25, 0.3) is 5.91 Å². The maximum Gasteiger partial charge on any atom is 0.260 e. The van der Waals surface area contributed by atoms with Gasteiger partial charge in [0.05, 0.1) is 24.7 Å². The highest BCUT2D eigenvalue weighted by atomic mass is 16.5. The second-order valence-electron chi connectivity index (χ2n) is 5.70. The number of hydrogen-bond donors (Lipinski definition) is 0. The Morgan fingerprint density at radius 1 is 1.15 bits per heavy atom. The number of carbonyl (C=O) groups excluding carboxylic acids is 1. The number of anilines is 1. The van der Waals surface area contributed by atoms with E-state index in [4.69, 9.17) is 10.00 Å². The number of aromatic nitrogens is 1. The van der Waals surface area contributed by atoms with E-state index in [1.807, 2.05) is 55.5 Å². The van der Waals surface area contributed by atoms with Crippen LogP contribution in [0.1, 0.15) is 23.7 Å². The van der Waals surface area contributed by atoms with Gasteiger partial charge in [0.15, 0.2) is 0 Å². The molecule has 0 aliphatic heterocycles. The normalized spacial score (nSPS) is 10.3. The Balaban J connectivity index is 1.99. The van der Waals surface area contributed by atoms with Crippen LogP contribution in [-0.4, -0.2) is 24.0 Å². The first-order valence-corrected chi connectivity index (χ1v) is 8.49. The molecule has 5 heteroatoms. The molecule has 0 aliphatic carbocycles. The van der Waals surface area contributed by atoms with E-state index < -0.39 is 0 Å². The molecule has 0 spiro atoms. The molecule has 0 saturated carbocycles. The van der Waals surface area contributed by atoms with Crippen LogP contribution in [0.25, 0.3) is 10.8 Å². The summed E-state index contributed by atoms with van der Waals surface area (Å²) >= 11 is 0. The zero-order chi connectivity index (χ0) is 18.4. The van der Waals surface area contributed by atoms with Gasteiger partial charge in [0, 0.05) is 30.0 Å². The number of nitriles is 1. The summed E-state index contributed by atoms with van der Waals surface area (Å²) in [4.78, 5) is 19.0. The minimum Gasteiger partial charge on any atom is -0.494 e. The second kappa shape index (κ2) is 8.13. The minimum absolute atomic E-state index is 0.172. The number of pyridine rings is 1. The fourth-order valence-electron chi connectivity index (χ4n) is 2.83. The second-order valence-corrected chi connectivity index (χ2v) is 5.70. The van der Waals surface area contributed by atoms with Gasteiger partial charge in [-0.3, -0.25) is 9.78 Å². The van der Waals surface area contributed by atoms with Crippen LogP contribution in [0.2, 0.25) is 0 Å². The van der Waals surface area contributed by atoms with Gasteiger partial charge in [-0.25, -0.2) is 0 Å². The summed E-state index contributed by atoms with van der Waals surface area (Å²) in [6, 6.07) is 17.1. The van der Waals surface area contributed by atoms with Gasteiger partial charge in [0.1, 0.15) is 5.75 Å². The lowest BCUT2D eigenvalue weighted by Gasteiger charge is -2.22. The van der Waals surface area contributed by atoms with Crippen LogP contribution in [0.4, 0.5) is 5.69 Å². The number of carbonyl (C=O) groups is 1. The largest absolute Gasteiger partial charge is 0.494 e. The van der Waals surface area contributed by atoms with Crippen LogP contribution in [-0.2, 0) is 0 Å². The summed E-state index contributed by atoms with van der Waals surface area (Å²) in [6.07, 6.45) is 3.57. The summed E-state index contributed by atoms with van der Waals surface area (Å²) in [7, 11) is 0. The Kier molecular flexibility index (Phi) is 5.45. The van der Waals surface area contributed by atoms with E-state index in [2.05, 4.69) is 11.1 Å². The predicted molar refractivity (Wildman–Crippen MR) is 101 cm³/mol. The number of rotatable bonds is 6. The Hall–Kier alpha value is -3.39. The summed E-state index contributed by atoms with van der Waals surface area (Å²) in [5, 5.41) is 10.7. The molecule has 1 amide bonds. The summed E-state index contributed by atoms with van der Waals surface area (Å²) in [6.45, 7) is 2.81. The van der Waals surface area contributed by atoms with Crippen LogP contribution >= 0.6 is 0 Å². The molecule has 3 rings (SSSR count). The first kappa shape index (κ1) is 17.4. The molecule has 0 bridgehead atoms. The monoisotopic (exact) mass is 345 g/mol. The molecule has 0 radical (unpaired) electrons. The van der Waals surface area contributed by atoms with E-state index in [1.54, 1.807) is 17.3 Å². The Morgan fingerprint density at radius 2 is 1.92 bits per heavy atom. The lowest BCUT2D eigenvalue weighted by Crippen LogP contribution is -2.32. The third-order valence-corrected chi connectivity index (χ3v) is 4.05. The molecule has 2 aromatic carbocycles. The van der Waals surface area contributed by atoms with Crippen molar-refractivity contribution in [2.75, 3.05) is 18.1 Å². The van der Waals surface area contributed by atoms with E-state index in [9.17, 15) is 4.79 Å². The highest BCUT2D eigenvalue weighted by molar-refractivity contribution is 6.13. The predicted octanol–water partition coefficient (Wildman–Crippen LogP) is 4.19. The van der Waals surface area contributed by atoms with Gasteiger partial charge in [-0.05, 0) is 36.6 Å². The van der Waals surface area contributed by atoms with Crippen molar-refractivity contribution in [2.24, 2.45) is 0 Å². The summed E-state index contributed by atoms with van der Waals surface area (Å²) < 4.78 is 5.46. The zero-order valence-electron chi connectivity index (χ0n) is 14.6. The zero-order valence-corrected chi connectivity index (χ0v) is 14.6. The van der Waals surface area contributed by atoms with Crippen LogP contribution in [0, 0.1) is 11.3 Å². The van der Waals surface area contributed by atoms with Gasteiger partial charge < -0.3 is 9.64 Å². The van der Waals surface area contributed by atoms with Gasteiger partial charge >= 0.3 is 0 Å². The smallest absolute Gasteiger partial charge is 0.260 e. The van der Waals surface area contributed by atoms with E-state index in [0.717, 1.165) is 22.2 Å². The number of benzene rings is 2. The molecule has 0 N–H and O–H groups in total. The molecule has 130 valence electrons. The van der Waals surface area contributed by atoms with Crippen molar-refractivity contribution >= 4 is 22.4 Å². The van der Waals surface area contributed by atoms with E-state index >= 15 is 0 Å². The van der Waals surface area contributed by atoms with E-state index in [0.29, 0.717) is 18.7 Å². The molecule has 0 atom stereocenters. The third-order valence-electron chi connectivity index (χ3n) is 4.05. The maximum absolute atomic E-state index is 13.2. The lowest BCUT2D eigenvalue weighted by molar-refractivity contribution is 0.0988. The highest BCUT2D eigenvalue weighted by Gasteiger charge is 2.20. The van der Waals surface area contributed by atoms with Crippen molar-refractivity contribution < 1.29 is 9.53 Å². The van der Waals surface area contributed by atoms with Crippen molar-refractivity contribution in [3.63, 3.8) is 0 Å². The maximum atomic E-state index is 13.2. The van der Waals surface area contributed by atoms with Gasteiger partial charge in [0.2, 0.25) is 0 Å². The molecule has 5 nitrogen and oxygen atoms in total. The van der Waals surface area contributed by atoms with Crippen molar-refractivity contribution in [3.8, 4) is 11.8 Å². The van der Waals surface area contributed by atoms with Crippen LogP contribution in [0.5, 0.6) is 5.75 Å². The molecular weight excluding hydrogens is 326 g/mol. The average molecular weight is 345 g/mol. The first-order chi connectivity index (χ1) is 12.7. The van der Waals surface area contributed by atoms with Crippen molar-refractivity contribution in [1.29, 1.82) is 5.26 Å². The topological polar surface area (TPSA) is 66.2 Å². The molecule has 3 aromatic rings. The Bertz CT molecular complexity index is 940. The molecule has 1 aromatic heterocycles. The van der Waals surface area contributed by atoms with Crippen LogP contribution in [0.3, 0.4) is 0 Å². The fraction of sp³-hybridized carbons (Fsp3) is 0.190. The average Bonchev–Trinajstić information content (AvgIpc) is 2.69. The van der Waals surface area contributed by atoms with Crippen molar-refractivity contribution in [2.45, 2.75) is 13.3 Å². The minimum atomic E-state index is -0.172. The van der Waals surface area contributed by atoms with Gasteiger partial charge in [-0.2, -0.15) is 5.26 Å². The molecule has 1 heterocycles. The quantitative estimate of drug-likeness (QED) is 0.672. The fourth-order valence-corrected chi connectivity index (χ4v) is 2.83. The Labute approximate surface area is 152 Å². The summed E-state index contributed by atoms with van der Waals surface area (Å²) in [5.74, 6) is 0.574. The summed E-state index contributed by atoms with van der Waals surface area (Å²) in [5.41, 5.74) is 1.25. The molecule has 0 fully saturated rings. The van der Waals surface area contributed by atoms with Crippen molar-refractivity contribution in [3.05, 3.63) is 66.5 Å². The molecule has 0 unspecified atom stereocenters. The van der Waals surface area contributed by atoms with Crippen LogP contribution in [0.15, 0.2) is 60.9 Å². The Morgan fingerprint density at radius 3 is 2.65 bits per heavy atom. The van der Waals surface area contributed by atoms with Gasteiger partial charge in [-0.15, -0.1) is 0 Å². The van der Waals surface area contributed by atoms with Gasteiger partial charge in [-0.1, -0.05) is 24.3 Å². The third kappa shape index (κ3) is 3.65. The molecular formula is C21H19N3O2. The van der Waals surface area contributed by atoms with E-state index in [-0.39, 0.29) is 12.3 Å². The molecule has 26 heavy (non-hydrogen) atoms. The SMILES string of the molecule is CCOc1ccc(N(CCC#N)C(=O)c2cncc3ccccc23)cc1. The standard InChI is InChI=1S/C21H19N3O2/c1-2-26-18-10-8-17(9-11-18)24(13-5-12-22)21(25)20-15-23-14-16-6-3-4-7-19(16)20/h3-4,6-11,14-15H,2,5,13H2,1H3. The van der Waals surface area contributed by atoms with E-state index in [1.165, 1.54) is 0 Å². The lowest BCUT2D eigenvalue weighted by atomic mass is 10.1. The number of hydrogen-bond acceptors (Lipinski definition) is 4. The number of fused-ring (bicyclic) bond motifs is 1. The number of nitrogens with zero attached hydrogens (tertiary/aromatic N) is 3. The number of amides is 1. The first-order valence-electron chi connectivity index (χ1n) is 8.49. The molecule has 0 aliphatic rings. The highest BCUT2D eigenvalue weighted by Crippen LogP contribution is 2.24. The molecule has 0 saturated heterocycles.